The SMILES string of the molecule is CCN(C)C(=O)COc1ccc(C=O)cc1. The van der Waals surface area contributed by atoms with E-state index in [1.54, 1.807) is 36.2 Å². The molecule has 0 N–H and O–H groups in total. The van der Waals surface area contributed by atoms with Crippen LogP contribution in [0.25, 0.3) is 0 Å². The Labute approximate surface area is 94.8 Å². The quantitative estimate of drug-likeness (QED) is 0.705. The summed E-state index contributed by atoms with van der Waals surface area (Å²) >= 11 is 0. The van der Waals surface area contributed by atoms with Crippen LogP contribution in [0.3, 0.4) is 0 Å². The van der Waals surface area contributed by atoms with Crippen LogP contribution in [-0.2, 0) is 4.79 Å². The van der Waals surface area contributed by atoms with Crippen molar-refractivity contribution in [3.63, 3.8) is 0 Å². The fourth-order valence-electron chi connectivity index (χ4n) is 1.07. The molecule has 0 saturated carbocycles. The third-order valence-corrected chi connectivity index (χ3v) is 2.28. The fourth-order valence-corrected chi connectivity index (χ4v) is 1.07. The number of benzene rings is 1. The van der Waals surface area contributed by atoms with E-state index in [0.29, 0.717) is 17.9 Å². The van der Waals surface area contributed by atoms with Crippen LogP contribution in [0.2, 0.25) is 0 Å². The number of hydrogen-bond acceptors (Lipinski definition) is 3. The Kier molecular flexibility index (Phi) is 4.51. The minimum atomic E-state index is -0.0676. The average molecular weight is 221 g/mol. The molecule has 0 heterocycles. The van der Waals surface area contributed by atoms with Gasteiger partial charge in [-0.05, 0) is 31.2 Å². The molecule has 0 fully saturated rings. The number of aldehydes is 1. The van der Waals surface area contributed by atoms with Gasteiger partial charge in [0.15, 0.2) is 6.61 Å². The summed E-state index contributed by atoms with van der Waals surface area (Å²) in [6.45, 7) is 2.58. The van der Waals surface area contributed by atoms with Gasteiger partial charge in [-0.15, -0.1) is 0 Å². The topological polar surface area (TPSA) is 46.6 Å². The van der Waals surface area contributed by atoms with Gasteiger partial charge in [0.2, 0.25) is 0 Å². The van der Waals surface area contributed by atoms with E-state index in [1.807, 2.05) is 6.92 Å². The molecule has 1 aromatic carbocycles. The molecule has 0 aliphatic heterocycles. The molecule has 4 heteroatoms. The number of nitrogens with zero attached hydrogens (tertiary/aromatic N) is 1. The maximum atomic E-state index is 11.4. The fraction of sp³-hybridized carbons (Fsp3) is 0.333. The zero-order valence-corrected chi connectivity index (χ0v) is 9.47. The van der Waals surface area contributed by atoms with Crippen molar-refractivity contribution in [1.29, 1.82) is 0 Å². The van der Waals surface area contributed by atoms with Crippen LogP contribution in [0.1, 0.15) is 17.3 Å². The van der Waals surface area contributed by atoms with E-state index in [9.17, 15) is 9.59 Å². The molecule has 1 amide bonds. The molecule has 4 nitrogen and oxygen atoms in total. The van der Waals surface area contributed by atoms with Crippen LogP contribution in [0.4, 0.5) is 0 Å². The van der Waals surface area contributed by atoms with E-state index < -0.39 is 0 Å². The van der Waals surface area contributed by atoms with Crippen molar-refractivity contribution in [1.82, 2.24) is 4.90 Å². The normalized spacial score (nSPS) is 9.62. The van der Waals surface area contributed by atoms with Gasteiger partial charge in [0, 0.05) is 19.2 Å². The first kappa shape index (κ1) is 12.2. The molecule has 0 saturated heterocycles. The smallest absolute Gasteiger partial charge is 0.260 e. The van der Waals surface area contributed by atoms with Gasteiger partial charge in [0.25, 0.3) is 5.91 Å². The highest BCUT2D eigenvalue weighted by Crippen LogP contribution is 2.10. The third-order valence-electron chi connectivity index (χ3n) is 2.28. The number of likely N-dealkylation sites (N-methyl/N-ethyl adjacent to an activating group) is 1. The maximum Gasteiger partial charge on any atom is 0.260 e. The Morgan fingerprint density at radius 1 is 1.38 bits per heavy atom. The predicted octanol–water partition coefficient (Wildman–Crippen LogP) is 1.36. The molecule has 0 aromatic heterocycles. The van der Waals surface area contributed by atoms with Crippen LogP contribution in [0.5, 0.6) is 5.75 Å². The summed E-state index contributed by atoms with van der Waals surface area (Å²) in [5, 5.41) is 0. The first-order chi connectivity index (χ1) is 7.67. The summed E-state index contributed by atoms with van der Waals surface area (Å²) in [6.07, 6.45) is 0.764. The van der Waals surface area contributed by atoms with Gasteiger partial charge < -0.3 is 9.64 Å². The van der Waals surface area contributed by atoms with Crippen LogP contribution in [0.15, 0.2) is 24.3 Å². The lowest BCUT2D eigenvalue weighted by molar-refractivity contribution is -0.131. The molecule has 0 spiro atoms. The Morgan fingerprint density at radius 2 is 2.00 bits per heavy atom. The Bertz CT molecular complexity index is 359. The molecule has 1 rings (SSSR count). The van der Waals surface area contributed by atoms with Crippen molar-refractivity contribution < 1.29 is 14.3 Å². The van der Waals surface area contributed by atoms with Gasteiger partial charge >= 0.3 is 0 Å². The summed E-state index contributed by atoms with van der Waals surface area (Å²) in [5.74, 6) is 0.519. The van der Waals surface area contributed by atoms with Gasteiger partial charge in [-0.25, -0.2) is 0 Å². The Hall–Kier alpha value is -1.84. The van der Waals surface area contributed by atoms with Crippen LogP contribution in [0, 0.1) is 0 Å². The lowest BCUT2D eigenvalue weighted by Crippen LogP contribution is -2.31. The van der Waals surface area contributed by atoms with Gasteiger partial charge in [0.1, 0.15) is 12.0 Å². The Balaban J connectivity index is 2.48. The van der Waals surface area contributed by atoms with E-state index in [0.717, 1.165) is 6.29 Å². The van der Waals surface area contributed by atoms with E-state index in [2.05, 4.69) is 0 Å². The van der Waals surface area contributed by atoms with Crippen molar-refractivity contribution in [2.75, 3.05) is 20.2 Å². The maximum absolute atomic E-state index is 11.4. The van der Waals surface area contributed by atoms with Crippen molar-refractivity contribution in [3.8, 4) is 5.75 Å². The average Bonchev–Trinajstić information content (AvgIpc) is 2.35. The van der Waals surface area contributed by atoms with Crippen molar-refractivity contribution in [2.45, 2.75) is 6.92 Å². The first-order valence-corrected chi connectivity index (χ1v) is 5.09. The molecule has 0 aliphatic carbocycles. The molecule has 0 aliphatic rings. The highest BCUT2D eigenvalue weighted by atomic mass is 16.5. The van der Waals surface area contributed by atoms with E-state index >= 15 is 0 Å². The van der Waals surface area contributed by atoms with Crippen molar-refractivity contribution in [3.05, 3.63) is 29.8 Å². The van der Waals surface area contributed by atoms with E-state index in [4.69, 9.17) is 4.74 Å². The predicted molar refractivity (Wildman–Crippen MR) is 60.6 cm³/mol. The number of amides is 1. The minimum absolute atomic E-state index is 0.0186. The lowest BCUT2D eigenvalue weighted by Gasteiger charge is -2.14. The van der Waals surface area contributed by atoms with E-state index in [1.165, 1.54) is 0 Å². The highest BCUT2D eigenvalue weighted by molar-refractivity contribution is 5.77. The van der Waals surface area contributed by atoms with Crippen LogP contribution >= 0.6 is 0 Å². The molecule has 16 heavy (non-hydrogen) atoms. The lowest BCUT2D eigenvalue weighted by atomic mass is 10.2. The second-order valence-electron chi connectivity index (χ2n) is 3.38. The van der Waals surface area contributed by atoms with Gasteiger partial charge in [-0.1, -0.05) is 0 Å². The van der Waals surface area contributed by atoms with Gasteiger partial charge in [-0.2, -0.15) is 0 Å². The summed E-state index contributed by atoms with van der Waals surface area (Å²) in [6, 6.07) is 6.64. The molecule has 86 valence electrons. The summed E-state index contributed by atoms with van der Waals surface area (Å²) in [4.78, 5) is 23.4. The van der Waals surface area contributed by atoms with Gasteiger partial charge in [-0.3, -0.25) is 9.59 Å². The molecular formula is C12H15NO3. The first-order valence-electron chi connectivity index (χ1n) is 5.09. The summed E-state index contributed by atoms with van der Waals surface area (Å²) < 4.78 is 5.28. The second-order valence-corrected chi connectivity index (χ2v) is 3.38. The monoisotopic (exact) mass is 221 g/mol. The number of carbonyl (C=O) groups excluding carboxylic acids is 2. The number of ether oxygens (including phenoxy) is 1. The number of carbonyl (C=O) groups is 2. The van der Waals surface area contributed by atoms with E-state index in [-0.39, 0.29) is 12.5 Å². The van der Waals surface area contributed by atoms with Crippen LogP contribution in [-0.4, -0.2) is 37.3 Å². The third kappa shape index (κ3) is 3.38. The molecule has 1 aromatic rings. The summed E-state index contributed by atoms with van der Waals surface area (Å²) in [7, 11) is 1.72. The zero-order chi connectivity index (χ0) is 12.0. The largest absolute Gasteiger partial charge is 0.484 e. The number of hydrogen-bond donors (Lipinski definition) is 0. The molecule has 0 unspecified atom stereocenters. The standard InChI is InChI=1S/C12H15NO3/c1-3-13(2)12(15)9-16-11-6-4-10(8-14)5-7-11/h4-8H,3,9H2,1-2H3. The molecule has 0 radical (unpaired) electrons. The molecule has 0 atom stereocenters. The summed E-state index contributed by atoms with van der Waals surface area (Å²) in [5.41, 5.74) is 0.587. The number of rotatable bonds is 5. The van der Waals surface area contributed by atoms with Crippen LogP contribution < -0.4 is 4.74 Å². The van der Waals surface area contributed by atoms with Crippen molar-refractivity contribution in [2.24, 2.45) is 0 Å². The highest BCUT2D eigenvalue weighted by Gasteiger charge is 2.06. The molecule has 0 bridgehead atoms. The van der Waals surface area contributed by atoms with Crippen molar-refractivity contribution >= 4 is 12.2 Å². The zero-order valence-electron chi connectivity index (χ0n) is 9.47. The van der Waals surface area contributed by atoms with Gasteiger partial charge in [0.05, 0.1) is 0 Å². The molecular weight excluding hydrogens is 206 g/mol. The second kappa shape index (κ2) is 5.90. The minimum Gasteiger partial charge on any atom is -0.484 e. The Morgan fingerprint density at radius 3 is 2.50 bits per heavy atom.